The highest BCUT2D eigenvalue weighted by Crippen LogP contribution is 2.52. The standard InChI is InChI=1S/C52H35N3S/c1-52(2)40-19-8-6-17-36(40)50-41(52)20-13-24-46(50)55-45-23-11-9-21-42(45)53-51(55)37-18-12-25-48-49(37)39-31-33(27-29-47(39)56-48)32-26-28-44-38(30-32)35-16-7-10-22-43(35)54(44)34-14-4-3-5-15-34/h3-31H,1-2H3. The van der Waals surface area contributed by atoms with Gasteiger partial charge < -0.3 is 4.57 Å². The van der Waals surface area contributed by atoms with Crippen LogP contribution in [0.5, 0.6) is 0 Å². The molecule has 1 aliphatic carbocycles. The number of rotatable bonds is 4. The Bertz CT molecular complexity index is 3400. The first-order valence-corrected chi connectivity index (χ1v) is 20.1. The summed E-state index contributed by atoms with van der Waals surface area (Å²) in [4.78, 5) is 5.45. The normalized spacial score (nSPS) is 13.3. The van der Waals surface area contributed by atoms with Crippen molar-refractivity contribution >= 4 is 64.3 Å². The maximum absolute atomic E-state index is 5.45. The van der Waals surface area contributed by atoms with Crippen molar-refractivity contribution in [3.05, 3.63) is 187 Å². The number of imidazole rings is 1. The van der Waals surface area contributed by atoms with Gasteiger partial charge in [0.1, 0.15) is 5.82 Å². The molecule has 11 aromatic rings. The maximum atomic E-state index is 5.45. The summed E-state index contributed by atoms with van der Waals surface area (Å²) in [6, 6.07) is 64.4. The molecule has 0 unspecified atom stereocenters. The van der Waals surface area contributed by atoms with Crippen LogP contribution in [-0.4, -0.2) is 14.1 Å². The molecule has 12 rings (SSSR count). The minimum absolute atomic E-state index is 0.0993. The highest BCUT2D eigenvalue weighted by molar-refractivity contribution is 7.26. The number of fused-ring (bicyclic) bond motifs is 10. The molecule has 3 nitrogen and oxygen atoms in total. The van der Waals surface area contributed by atoms with Crippen LogP contribution in [0.1, 0.15) is 25.0 Å². The molecule has 0 spiro atoms. The van der Waals surface area contributed by atoms with E-state index in [-0.39, 0.29) is 5.41 Å². The van der Waals surface area contributed by atoms with Gasteiger partial charge in [-0.2, -0.15) is 0 Å². The number of nitrogens with zero attached hydrogens (tertiary/aromatic N) is 3. The molecule has 264 valence electrons. The summed E-state index contributed by atoms with van der Waals surface area (Å²) < 4.78 is 7.34. The second kappa shape index (κ2) is 11.6. The third kappa shape index (κ3) is 4.36. The Kier molecular flexibility index (Phi) is 6.56. The molecule has 0 aliphatic heterocycles. The Hall–Kier alpha value is -6.75. The van der Waals surface area contributed by atoms with Crippen LogP contribution in [0.2, 0.25) is 0 Å². The Labute approximate surface area is 328 Å². The molecule has 3 heterocycles. The average Bonchev–Trinajstić information content (AvgIpc) is 3.98. The molecule has 4 heteroatoms. The van der Waals surface area contributed by atoms with Crippen LogP contribution in [-0.2, 0) is 5.41 Å². The molecule has 56 heavy (non-hydrogen) atoms. The van der Waals surface area contributed by atoms with Crippen molar-refractivity contribution in [1.82, 2.24) is 14.1 Å². The summed E-state index contributed by atoms with van der Waals surface area (Å²) in [5.74, 6) is 0.965. The van der Waals surface area contributed by atoms with Gasteiger partial charge in [0.25, 0.3) is 0 Å². The molecule has 0 saturated carbocycles. The van der Waals surface area contributed by atoms with Crippen molar-refractivity contribution in [1.29, 1.82) is 0 Å². The third-order valence-electron chi connectivity index (χ3n) is 12.1. The summed E-state index contributed by atoms with van der Waals surface area (Å²) in [7, 11) is 0. The fraction of sp³-hybridized carbons (Fsp3) is 0.0577. The molecule has 0 bridgehead atoms. The molecular formula is C52H35N3S. The van der Waals surface area contributed by atoms with Gasteiger partial charge in [-0.3, -0.25) is 4.57 Å². The van der Waals surface area contributed by atoms with Crippen molar-refractivity contribution in [2.24, 2.45) is 0 Å². The molecule has 0 radical (unpaired) electrons. The molecule has 0 N–H and O–H groups in total. The first kappa shape index (κ1) is 31.6. The van der Waals surface area contributed by atoms with E-state index in [1.807, 2.05) is 11.3 Å². The quantitative estimate of drug-likeness (QED) is 0.177. The first-order chi connectivity index (χ1) is 27.5. The van der Waals surface area contributed by atoms with Crippen LogP contribution >= 0.6 is 11.3 Å². The predicted molar refractivity (Wildman–Crippen MR) is 237 cm³/mol. The molecule has 3 aromatic heterocycles. The Balaban J connectivity index is 1.08. The van der Waals surface area contributed by atoms with E-state index in [4.69, 9.17) is 4.98 Å². The van der Waals surface area contributed by atoms with E-state index in [9.17, 15) is 0 Å². The van der Waals surface area contributed by atoms with Gasteiger partial charge in [-0.05, 0) is 94.5 Å². The van der Waals surface area contributed by atoms with E-state index >= 15 is 0 Å². The van der Waals surface area contributed by atoms with Crippen LogP contribution in [0, 0.1) is 0 Å². The van der Waals surface area contributed by atoms with Gasteiger partial charge in [-0.25, -0.2) is 4.98 Å². The smallest absolute Gasteiger partial charge is 0.146 e. The molecule has 0 amide bonds. The maximum Gasteiger partial charge on any atom is 0.146 e. The lowest BCUT2D eigenvalue weighted by molar-refractivity contribution is 0.660. The van der Waals surface area contributed by atoms with Gasteiger partial charge in [-0.1, -0.05) is 123 Å². The number of aromatic nitrogens is 3. The molecule has 0 atom stereocenters. The zero-order chi connectivity index (χ0) is 37.1. The zero-order valence-electron chi connectivity index (χ0n) is 31.0. The summed E-state index contributed by atoms with van der Waals surface area (Å²) >= 11 is 1.86. The largest absolute Gasteiger partial charge is 0.309 e. The predicted octanol–water partition coefficient (Wildman–Crippen LogP) is 14.1. The highest BCUT2D eigenvalue weighted by Gasteiger charge is 2.37. The molecule has 1 aliphatic rings. The van der Waals surface area contributed by atoms with Crippen molar-refractivity contribution in [2.75, 3.05) is 0 Å². The van der Waals surface area contributed by atoms with Gasteiger partial charge in [-0.15, -0.1) is 11.3 Å². The second-order valence-electron chi connectivity index (χ2n) is 15.5. The van der Waals surface area contributed by atoms with Gasteiger partial charge in [0.15, 0.2) is 0 Å². The Morgan fingerprint density at radius 1 is 0.482 bits per heavy atom. The van der Waals surface area contributed by atoms with E-state index in [2.05, 4.69) is 199 Å². The minimum Gasteiger partial charge on any atom is -0.309 e. The van der Waals surface area contributed by atoms with Crippen LogP contribution < -0.4 is 0 Å². The summed E-state index contributed by atoms with van der Waals surface area (Å²) in [5, 5.41) is 5.02. The topological polar surface area (TPSA) is 22.8 Å². The number of hydrogen-bond acceptors (Lipinski definition) is 2. The molecule has 8 aromatic carbocycles. The lowest BCUT2D eigenvalue weighted by Crippen LogP contribution is -2.15. The van der Waals surface area contributed by atoms with Crippen LogP contribution in [0.3, 0.4) is 0 Å². The zero-order valence-corrected chi connectivity index (χ0v) is 31.8. The molecular weight excluding hydrogens is 699 g/mol. The number of thiophene rings is 1. The highest BCUT2D eigenvalue weighted by atomic mass is 32.1. The number of para-hydroxylation sites is 4. The summed E-state index contributed by atoms with van der Waals surface area (Å²) in [6.07, 6.45) is 0. The fourth-order valence-corrected chi connectivity index (χ4v) is 10.7. The van der Waals surface area contributed by atoms with E-state index in [0.29, 0.717) is 0 Å². The number of benzene rings is 8. The monoisotopic (exact) mass is 733 g/mol. The Morgan fingerprint density at radius 3 is 2.05 bits per heavy atom. The van der Waals surface area contributed by atoms with Gasteiger partial charge in [0.2, 0.25) is 0 Å². The molecule has 0 fully saturated rings. The van der Waals surface area contributed by atoms with Crippen LogP contribution in [0.25, 0.3) is 98.0 Å². The summed E-state index contributed by atoms with van der Waals surface area (Å²) in [5.41, 5.74) is 15.7. The second-order valence-corrected chi connectivity index (χ2v) is 16.6. The van der Waals surface area contributed by atoms with Gasteiger partial charge in [0, 0.05) is 53.2 Å². The number of hydrogen-bond donors (Lipinski definition) is 0. The van der Waals surface area contributed by atoms with Crippen LogP contribution in [0.4, 0.5) is 0 Å². The lowest BCUT2D eigenvalue weighted by Gasteiger charge is -2.22. The Morgan fingerprint density at radius 2 is 1.16 bits per heavy atom. The van der Waals surface area contributed by atoms with E-state index in [0.717, 1.165) is 22.4 Å². The first-order valence-electron chi connectivity index (χ1n) is 19.3. The van der Waals surface area contributed by atoms with Crippen LogP contribution in [0.15, 0.2) is 176 Å². The third-order valence-corrected chi connectivity index (χ3v) is 13.3. The van der Waals surface area contributed by atoms with Gasteiger partial charge >= 0.3 is 0 Å². The minimum atomic E-state index is -0.0993. The lowest BCUT2D eigenvalue weighted by atomic mass is 9.82. The van der Waals surface area contributed by atoms with E-state index in [1.54, 1.807) is 0 Å². The van der Waals surface area contributed by atoms with E-state index < -0.39 is 0 Å². The van der Waals surface area contributed by atoms with Crippen molar-refractivity contribution in [2.45, 2.75) is 19.3 Å². The summed E-state index contributed by atoms with van der Waals surface area (Å²) in [6.45, 7) is 4.70. The van der Waals surface area contributed by atoms with Crippen molar-refractivity contribution < 1.29 is 0 Å². The van der Waals surface area contributed by atoms with Gasteiger partial charge in [0.05, 0.1) is 27.8 Å². The fourth-order valence-electron chi connectivity index (χ4n) is 9.57. The molecule has 0 saturated heterocycles. The van der Waals surface area contributed by atoms with Crippen molar-refractivity contribution in [3.8, 4) is 45.0 Å². The van der Waals surface area contributed by atoms with Crippen molar-refractivity contribution in [3.63, 3.8) is 0 Å². The SMILES string of the molecule is CC1(C)c2ccccc2-c2c(-n3c(-c4cccc5sc6ccc(-c7ccc8c(c7)c7ccccc7n8-c7ccccc7)cc6c45)nc4ccccc43)cccc21. The average molecular weight is 734 g/mol. The van der Waals surface area contributed by atoms with E-state index in [1.165, 1.54) is 86.7 Å².